The van der Waals surface area contributed by atoms with Crippen molar-refractivity contribution >= 4 is 38.9 Å². The van der Waals surface area contributed by atoms with Gasteiger partial charge in [-0.2, -0.15) is 4.98 Å². The average molecular weight is 289 g/mol. The molecule has 3 rings (SSSR count). The van der Waals surface area contributed by atoms with E-state index in [9.17, 15) is 13.2 Å². The van der Waals surface area contributed by atoms with Gasteiger partial charge in [-0.15, -0.1) is 0 Å². The number of anilines is 2. The van der Waals surface area contributed by atoms with Gasteiger partial charge in [-0.25, -0.2) is 13.4 Å². The third kappa shape index (κ3) is 1.81. The van der Waals surface area contributed by atoms with Crippen LogP contribution in [0.25, 0.3) is 0 Å². The number of nitrogens with zero attached hydrogens (tertiary/aromatic N) is 3. The maximum Gasteiger partial charge on any atom is 0.248 e. The molecule has 1 amide bonds. The lowest BCUT2D eigenvalue weighted by Gasteiger charge is -2.39. The van der Waals surface area contributed by atoms with E-state index in [4.69, 9.17) is 11.6 Å². The fourth-order valence-corrected chi connectivity index (χ4v) is 3.74. The van der Waals surface area contributed by atoms with E-state index >= 15 is 0 Å². The number of halogens is 1. The molecule has 0 aromatic carbocycles. The van der Waals surface area contributed by atoms with Crippen molar-refractivity contribution in [2.45, 2.75) is 6.04 Å². The Morgan fingerprint density at radius 2 is 2.28 bits per heavy atom. The van der Waals surface area contributed by atoms with Crippen molar-refractivity contribution in [3.8, 4) is 0 Å². The van der Waals surface area contributed by atoms with Crippen LogP contribution in [0.4, 0.5) is 11.5 Å². The summed E-state index contributed by atoms with van der Waals surface area (Å²) in [6.45, 7) is 0.237. The quantitative estimate of drug-likeness (QED) is 0.658. The first-order valence-corrected chi connectivity index (χ1v) is 7.47. The fourth-order valence-electron chi connectivity index (χ4n) is 2.15. The van der Waals surface area contributed by atoms with E-state index in [1.54, 1.807) is 4.90 Å². The Hall–Kier alpha value is -1.41. The zero-order valence-corrected chi connectivity index (χ0v) is 10.7. The van der Waals surface area contributed by atoms with Gasteiger partial charge in [0.05, 0.1) is 17.7 Å². The molecule has 2 aliphatic heterocycles. The van der Waals surface area contributed by atoms with Gasteiger partial charge in [-0.1, -0.05) is 0 Å². The molecule has 1 aromatic heterocycles. The van der Waals surface area contributed by atoms with E-state index in [2.05, 4.69) is 15.3 Å². The number of sulfone groups is 1. The average Bonchev–Trinajstić information content (AvgIpc) is 2.29. The molecule has 1 unspecified atom stereocenters. The standard InChI is InChI=1S/C9H9ClN4O3S/c10-9-11-3-5-7(13-9)14-1-2-18(16,17)4-6(14)8(15)12-5/h3,6H,1-2,4H2,(H,12,15). The summed E-state index contributed by atoms with van der Waals surface area (Å²) >= 11 is 5.72. The lowest BCUT2D eigenvalue weighted by atomic mass is 10.2. The van der Waals surface area contributed by atoms with Gasteiger partial charge < -0.3 is 10.2 Å². The molecule has 7 nitrogen and oxygen atoms in total. The van der Waals surface area contributed by atoms with Crippen LogP contribution in [0.3, 0.4) is 0 Å². The van der Waals surface area contributed by atoms with Crippen LogP contribution in [-0.4, -0.2) is 48.4 Å². The van der Waals surface area contributed by atoms with E-state index < -0.39 is 15.9 Å². The number of fused-ring (bicyclic) bond motifs is 3. The molecule has 0 spiro atoms. The number of aromatic nitrogens is 2. The molecule has 1 fully saturated rings. The summed E-state index contributed by atoms with van der Waals surface area (Å²) in [4.78, 5) is 21.4. The molecule has 1 saturated heterocycles. The number of hydrogen-bond acceptors (Lipinski definition) is 6. The highest BCUT2D eigenvalue weighted by Gasteiger charge is 2.41. The van der Waals surface area contributed by atoms with Crippen LogP contribution in [-0.2, 0) is 14.6 Å². The molecule has 18 heavy (non-hydrogen) atoms. The summed E-state index contributed by atoms with van der Waals surface area (Å²) in [6.07, 6.45) is 1.42. The second-order valence-corrected chi connectivity index (χ2v) is 6.76. The van der Waals surface area contributed by atoms with E-state index in [1.807, 2.05) is 0 Å². The molecule has 9 heteroatoms. The summed E-state index contributed by atoms with van der Waals surface area (Å²) in [5.41, 5.74) is 0.458. The lowest BCUT2D eigenvalue weighted by Crippen LogP contribution is -2.57. The molecule has 0 radical (unpaired) electrons. The summed E-state index contributed by atoms with van der Waals surface area (Å²) in [5.74, 6) is -0.0521. The Morgan fingerprint density at radius 3 is 3.06 bits per heavy atom. The fraction of sp³-hybridized carbons (Fsp3) is 0.444. The molecule has 1 atom stereocenters. The van der Waals surface area contributed by atoms with Gasteiger partial charge in [-0.05, 0) is 11.6 Å². The van der Waals surface area contributed by atoms with Gasteiger partial charge in [0.1, 0.15) is 11.7 Å². The largest absolute Gasteiger partial charge is 0.341 e. The van der Waals surface area contributed by atoms with Crippen LogP contribution in [0.1, 0.15) is 0 Å². The second kappa shape index (κ2) is 3.79. The highest BCUT2D eigenvalue weighted by molar-refractivity contribution is 7.91. The maximum absolute atomic E-state index is 11.9. The molecule has 2 aliphatic rings. The summed E-state index contributed by atoms with van der Waals surface area (Å²) < 4.78 is 23.1. The Labute approximate surface area is 108 Å². The minimum Gasteiger partial charge on any atom is -0.341 e. The molecule has 0 saturated carbocycles. The van der Waals surface area contributed by atoms with Crippen molar-refractivity contribution in [2.75, 3.05) is 28.3 Å². The predicted molar refractivity (Wildman–Crippen MR) is 65.5 cm³/mol. The summed E-state index contributed by atoms with van der Waals surface area (Å²) in [7, 11) is -3.18. The van der Waals surface area contributed by atoms with Crippen LogP contribution >= 0.6 is 11.6 Å². The molecule has 1 aromatic rings. The smallest absolute Gasteiger partial charge is 0.248 e. The van der Waals surface area contributed by atoms with Crippen molar-refractivity contribution in [3.63, 3.8) is 0 Å². The molecule has 96 valence electrons. The minimum atomic E-state index is -3.18. The van der Waals surface area contributed by atoms with Gasteiger partial charge in [0.2, 0.25) is 11.2 Å². The van der Waals surface area contributed by atoms with Crippen molar-refractivity contribution in [3.05, 3.63) is 11.5 Å². The number of amides is 1. The first-order valence-electron chi connectivity index (χ1n) is 5.27. The van der Waals surface area contributed by atoms with Crippen molar-refractivity contribution < 1.29 is 13.2 Å². The topological polar surface area (TPSA) is 92.3 Å². The number of carbonyl (C=O) groups is 1. The first kappa shape index (κ1) is 11.7. The number of rotatable bonds is 0. The molecule has 0 aliphatic carbocycles. The highest BCUT2D eigenvalue weighted by Crippen LogP contribution is 2.32. The van der Waals surface area contributed by atoms with E-state index in [1.165, 1.54) is 6.20 Å². The Kier molecular flexibility index (Phi) is 2.46. The Bertz CT molecular complexity index is 633. The monoisotopic (exact) mass is 288 g/mol. The number of carbonyl (C=O) groups excluding carboxylic acids is 1. The normalized spacial score (nSPS) is 25.1. The Balaban J connectivity index is 2.07. The molecule has 3 heterocycles. The van der Waals surface area contributed by atoms with Gasteiger partial charge in [0, 0.05) is 6.54 Å². The van der Waals surface area contributed by atoms with Crippen molar-refractivity contribution in [1.29, 1.82) is 0 Å². The third-order valence-corrected chi connectivity index (χ3v) is 4.81. The van der Waals surface area contributed by atoms with E-state index in [-0.39, 0.29) is 29.2 Å². The van der Waals surface area contributed by atoms with E-state index in [0.717, 1.165) is 0 Å². The maximum atomic E-state index is 11.9. The molecule has 0 bridgehead atoms. The molecular weight excluding hydrogens is 280 g/mol. The van der Waals surface area contributed by atoms with Crippen LogP contribution in [0.15, 0.2) is 6.20 Å². The van der Waals surface area contributed by atoms with E-state index in [0.29, 0.717) is 11.5 Å². The molecular formula is C9H9ClN4O3S. The van der Waals surface area contributed by atoms with Crippen molar-refractivity contribution in [1.82, 2.24) is 9.97 Å². The van der Waals surface area contributed by atoms with Gasteiger partial charge in [0.25, 0.3) is 0 Å². The second-order valence-electron chi connectivity index (χ2n) is 4.19. The number of nitrogens with one attached hydrogen (secondary N) is 1. The molecule has 1 N–H and O–H groups in total. The number of hydrogen-bond donors (Lipinski definition) is 1. The third-order valence-electron chi connectivity index (χ3n) is 3.00. The van der Waals surface area contributed by atoms with Crippen LogP contribution in [0.5, 0.6) is 0 Å². The summed E-state index contributed by atoms with van der Waals surface area (Å²) in [5, 5.41) is 2.66. The Morgan fingerprint density at radius 1 is 1.50 bits per heavy atom. The first-order chi connectivity index (χ1) is 8.46. The summed E-state index contributed by atoms with van der Waals surface area (Å²) in [6, 6.07) is -0.734. The SMILES string of the molecule is O=C1Nc2cnc(Cl)nc2N2CCS(=O)(=O)CC12. The lowest BCUT2D eigenvalue weighted by molar-refractivity contribution is -0.117. The van der Waals surface area contributed by atoms with Gasteiger partial charge in [-0.3, -0.25) is 4.79 Å². The zero-order valence-electron chi connectivity index (χ0n) is 9.13. The van der Waals surface area contributed by atoms with Gasteiger partial charge in [0.15, 0.2) is 15.7 Å². The highest BCUT2D eigenvalue weighted by atomic mass is 35.5. The van der Waals surface area contributed by atoms with Gasteiger partial charge >= 0.3 is 0 Å². The van der Waals surface area contributed by atoms with Crippen molar-refractivity contribution in [2.24, 2.45) is 0 Å². The predicted octanol–water partition coefficient (Wildman–Crippen LogP) is -0.315. The van der Waals surface area contributed by atoms with Crippen LogP contribution in [0.2, 0.25) is 5.28 Å². The van der Waals surface area contributed by atoms with Crippen LogP contribution in [0, 0.1) is 0 Å². The zero-order chi connectivity index (χ0) is 12.9. The van der Waals surface area contributed by atoms with Crippen LogP contribution < -0.4 is 10.2 Å². The minimum absolute atomic E-state index is 0.0117.